The summed E-state index contributed by atoms with van der Waals surface area (Å²) in [7, 11) is 3.23. The number of rotatable bonds is 10. The second-order valence-corrected chi connectivity index (χ2v) is 7.13. The highest BCUT2D eigenvalue weighted by Crippen LogP contribution is 2.28. The van der Waals surface area contributed by atoms with Crippen molar-refractivity contribution in [3.05, 3.63) is 54.1 Å². The summed E-state index contributed by atoms with van der Waals surface area (Å²) in [6.07, 6.45) is 0.800. The van der Waals surface area contributed by atoms with Gasteiger partial charge in [0.05, 0.1) is 20.3 Å². The monoisotopic (exact) mass is 385 g/mol. The Labute approximate surface area is 168 Å². The van der Waals surface area contributed by atoms with Crippen molar-refractivity contribution in [1.82, 2.24) is 5.32 Å². The molecule has 0 aliphatic carbocycles. The van der Waals surface area contributed by atoms with Crippen LogP contribution in [0.3, 0.4) is 0 Å². The van der Waals surface area contributed by atoms with E-state index < -0.39 is 6.10 Å². The van der Waals surface area contributed by atoms with Gasteiger partial charge in [0.25, 0.3) is 5.91 Å². The Balaban J connectivity index is 2.15. The molecule has 1 amide bonds. The van der Waals surface area contributed by atoms with Gasteiger partial charge in [-0.15, -0.1) is 0 Å². The highest BCUT2D eigenvalue weighted by Gasteiger charge is 2.24. The average molecular weight is 386 g/mol. The minimum Gasteiger partial charge on any atom is -0.497 e. The lowest BCUT2D eigenvalue weighted by Gasteiger charge is -2.25. The lowest BCUT2D eigenvalue weighted by molar-refractivity contribution is -0.129. The molecule has 0 aliphatic heterocycles. The van der Waals surface area contributed by atoms with Crippen LogP contribution in [0.1, 0.15) is 45.2 Å². The third kappa shape index (κ3) is 5.91. The summed E-state index contributed by atoms with van der Waals surface area (Å²) in [5, 5.41) is 3.17. The molecular formula is C23H31NO4. The molecule has 0 radical (unpaired) electrons. The van der Waals surface area contributed by atoms with Crippen molar-refractivity contribution in [1.29, 1.82) is 0 Å². The Kier molecular flexibility index (Phi) is 8.18. The largest absolute Gasteiger partial charge is 0.497 e. The van der Waals surface area contributed by atoms with Crippen molar-refractivity contribution < 1.29 is 19.0 Å². The van der Waals surface area contributed by atoms with Gasteiger partial charge in [0.2, 0.25) is 0 Å². The quantitative estimate of drug-likeness (QED) is 0.640. The van der Waals surface area contributed by atoms with Gasteiger partial charge in [-0.3, -0.25) is 4.79 Å². The topological polar surface area (TPSA) is 56.8 Å². The van der Waals surface area contributed by atoms with Crippen LogP contribution < -0.4 is 19.5 Å². The van der Waals surface area contributed by atoms with E-state index in [1.165, 1.54) is 0 Å². The molecule has 0 saturated carbocycles. The molecule has 2 aromatic rings. The zero-order chi connectivity index (χ0) is 20.5. The molecule has 152 valence electrons. The predicted octanol–water partition coefficient (Wildman–Crippen LogP) is 4.76. The molecule has 0 aromatic heterocycles. The summed E-state index contributed by atoms with van der Waals surface area (Å²) in [6, 6.07) is 15.1. The highest BCUT2D eigenvalue weighted by atomic mass is 16.5. The molecular weight excluding hydrogens is 354 g/mol. The number of para-hydroxylation sites is 2. The van der Waals surface area contributed by atoms with E-state index in [-0.39, 0.29) is 11.9 Å². The van der Waals surface area contributed by atoms with E-state index >= 15 is 0 Å². The van der Waals surface area contributed by atoms with Crippen LogP contribution in [0.2, 0.25) is 0 Å². The van der Waals surface area contributed by atoms with Gasteiger partial charge in [0.15, 0.2) is 17.6 Å². The van der Waals surface area contributed by atoms with Gasteiger partial charge < -0.3 is 19.5 Å². The van der Waals surface area contributed by atoms with Crippen molar-refractivity contribution in [3.8, 4) is 17.2 Å². The Morgan fingerprint density at radius 1 is 0.964 bits per heavy atom. The van der Waals surface area contributed by atoms with Crippen LogP contribution in [-0.4, -0.2) is 26.2 Å². The van der Waals surface area contributed by atoms with Crippen LogP contribution in [0.15, 0.2) is 48.5 Å². The number of amides is 1. The summed E-state index contributed by atoms with van der Waals surface area (Å²) >= 11 is 0. The first kappa shape index (κ1) is 21.6. The number of carbonyl (C=O) groups excluding carboxylic acids is 1. The standard InChI is InChI=1S/C23H31NO4/c1-6-20(28-22-10-8-7-9-21(22)27-5)23(25)24-19(15-16(2)3)17-11-13-18(26-4)14-12-17/h7-14,16,19-20H,6,15H2,1-5H3,(H,24,25). The zero-order valence-electron chi connectivity index (χ0n) is 17.4. The average Bonchev–Trinajstić information content (AvgIpc) is 2.71. The lowest BCUT2D eigenvalue weighted by atomic mass is 9.96. The van der Waals surface area contributed by atoms with E-state index in [0.29, 0.717) is 23.8 Å². The molecule has 0 spiro atoms. The fourth-order valence-corrected chi connectivity index (χ4v) is 3.04. The summed E-state index contributed by atoms with van der Waals surface area (Å²) in [4.78, 5) is 13.0. The number of hydrogen-bond donors (Lipinski definition) is 1. The fourth-order valence-electron chi connectivity index (χ4n) is 3.04. The van der Waals surface area contributed by atoms with Gasteiger partial charge in [0, 0.05) is 0 Å². The summed E-state index contributed by atoms with van der Waals surface area (Å²) < 4.78 is 16.5. The van der Waals surface area contributed by atoms with Crippen LogP contribution in [-0.2, 0) is 4.79 Å². The van der Waals surface area contributed by atoms with Crippen LogP contribution in [0.4, 0.5) is 0 Å². The third-order valence-corrected chi connectivity index (χ3v) is 4.54. The van der Waals surface area contributed by atoms with Crippen LogP contribution >= 0.6 is 0 Å². The first-order valence-electron chi connectivity index (χ1n) is 9.72. The van der Waals surface area contributed by atoms with E-state index in [0.717, 1.165) is 17.7 Å². The Bertz CT molecular complexity index is 743. The van der Waals surface area contributed by atoms with Crippen molar-refractivity contribution in [2.24, 2.45) is 5.92 Å². The summed E-state index contributed by atoms with van der Waals surface area (Å²) in [6.45, 7) is 6.22. The number of ether oxygens (including phenoxy) is 3. The van der Waals surface area contributed by atoms with E-state index in [2.05, 4.69) is 19.2 Å². The second-order valence-electron chi connectivity index (χ2n) is 7.13. The number of carbonyl (C=O) groups is 1. The molecule has 0 saturated heterocycles. The Morgan fingerprint density at radius 3 is 2.14 bits per heavy atom. The van der Waals surface area contributed by atoms with Gasteiger partial charge >= 0.3 is 0 Å². The third-order valence-electron chi connectivity index (χ3n) is 4.54. The first-order valence-corrected chi connectivity index (χ1v) is 9.72. The van der Waals surface area contributed by atoms with E-state index in [1.807, 2.05) is 55.5 Å². The minimum atomic E-state index is -0.593. The van der Waals surface area contributed by atoms with Crippen molar-refractivity contribution in [2.45, 2.75) is 45.8 Å². The fraction of sp³-hybridized carbons (Fsp3) is 0.435. The molecule has 2 unspecified atom stereocenters. The number of nitrogens with one attached hydrogen (secondary N) is 1. The van der Waals surface area contributed by atoms with Gasteiger partial charge in [-0.2, -0.15) is 0 Å². The normalized spacial score (nSPS) is 12.9. The Hall–Kier alpha value is -2.69. The van der Waals surface area contributed by atoms with Crippen LogP contribution in [0.5, 0.6) is 17.2 Å². The van der Waals surface area contributed by atoms with Crippen molar-refractivity contribution in [2.75, 3.05) is 14.2 Å². The van der Waals surface area contributed by atoms with Gasteiger partial charge in [-0.05, 0) is 48.6 Å². The predicted molar refractivity (Wildman–Crippen MR) is 111 cm³/mol. The van der Waals surface area contributed by atoms with Crippen LogP contribution in [0.25, 0.3) is 0 Å². The summed E-state index contributed by atoms with van der Waals surface area (Å²) in [5.74, 6) is 2.28. The van der Waals surface area contributed by atoms with E-state index in [1.54, 1.807) is 14.2 Å². The molecule has 0 bridgehead atoms. The molecule has 1 N–H and O–H groups in total. The number of methoxy groups -OCH3 is 2. The first-order chi connectivity index (χ1) is 13.5. The molecule has 0 heterocycles. The molecule has 5 heteroatoms. The molecule has 2 rings (SSSR count). The lowest BCUT2D eigenvalue weighted by Crippen LogP contribution is -2.40. The molecule has 5 nitrogen and oxygen atoms in total. The maximum atomic E-state index is 13.0. The molecule has 2 aromatic carbocycles. The molecule has 2 atom stereocenters. The maximum absolute atomic E-state index is 13.0. The van der Waals surface area contributed by atoms with E-state index in [9.17, 15) is 4.79 Å². The molecule has 0 fully saturated rings. The number of hydrogen-bond acceptors (Lipinski definition) is 4. The van der Waals surface area contributed by atoms with Crippen molar-refractivity contribution >= 4 is 5.91 Å². The van der Waals surface area contributed by atoms with Crippen LogP contribution in [0, 0.1) is 5.92 Å². The van der Waals surface area contributed by atoms with E-state index in [4.69, 9.17) is 14.2 Å². The zero-order valence-corrected chi connectivity index (χ0v) is 17.4. The molecule has 0 aliphatic rings. The molecule has 28 heavy (non-hydrogen) atoms. The summed E-state index contributed by atoms with van der Waals surface area (Å²) in [5.41, 5.74) is 1.05. The van der Waals surface area contributed by atoms with Gasteiger partial charge in [0.1, 0.15) is 5.75 Å². The minimum absolute atomic E-state index is 0.0891. The van der Waals surface area contributed by atoms with Gasteiger partial charge in [-0.25, -0.2) is 0 Å². The number of benzene rings is 2. The Morgan fingerprint density at radius 2 is 1.61 bits per heavy atom. The SMILES string of the molecule is CCC(Oc1ccccc1OC)C(=O)NC(CC(C)C)c1ccc(OC)cc1. The van der Waals surface area contributed by atoms with Gasteiger partial charge in [-0.1, -0.05) is 45.0 Å². The second kappa shape index (κ2) is 10.6. The maximum Gasteiger partial charge on any atom is 0.261 e. The van der Waals surface area contributed by atoms with Crippen molar-refractivity contribution in [3.63, 3.8) is 0 Å². The smallest absolute Gasteiger partial charge is 0.261 e. The highest BCUT2D eigenvalue weighted by molar-refractivity contribution is 5.81.